The Kier molecular flexibility index (Phi) is 6.64. The number of quaternary nitrogens is 1. The minimum Gasteiger partial charge on any atom is -0.633 e. The van der Waals surface area contributed by atoms with Crippen molar-refractivity contribution >= 4 is 33.3 Å². The van der Waals surface area contributed by atoms with E-state index in [1.165, 1.54) is 8.98 Å². The van der Waals surface area contributed by atoms with Crippen LogP contribution in [0.25, 0.3) is 10.9 Å². The molecular weight excluding hydrogens is 392 g/mol. The third kappa shape index (κ3) is 5.05. The normalized spacial score (nSPS) is 15.8. The molecule has 0 bridgehead atoms. The SMILES string of the molecule is C[N+](C)([O-])CCc1cn(N=O)c2ccc(CS(=O)(=O)N3CCCC3)cc12.Cl. The lowest BCUT2D eigenvalue weighted by Crippen LogP contribution is -2.34. The minimum atomic E-state index is -3.34. The molecular formula is C17H25ClN4O4S. The number of nitrogens with zero attached hydrogens (tertiary/aromatic N) is 4. The van der Waals surface area contributed by atoms with Gasteiger partial charge in [0, 0.05) is 31.1 Å². The lowest BCUT2D eigenvalue weighted by atomic mass is 10.1. The number of hydrogen-bond donors (Lipinski definition) is 0. The van der Waals surface area contributed by atoms with Crippen molar-refractivity contribution in [2.24, 2.45) is 5.29 Å². The van der Waals surface area contributed by atoms with Gasteiger partial charge in [-0.3, -0.25) is 0 Å². The highest BCUT2D eigenvalue weighted by Gasteiger charge is 2.25. The van der Waals surface area contributed by atoms with Crippen molar-refractivity contribution in [2.45, 2.75) is 25.0 Å². The van der Waals surface area contributed by atoms with Crippen molar-refractivity contribution in [1.29, 1.82) is 0 Å². The zero-order valence-corrected chi connectivity index (χ0v) is 17.1. The number of hydrogen-bond acceptors (Lipinski definition) is 5. The Bertz CT molecular complexity index is 915. The Morgan fingerprint density at radius 1 is 1.22 bits per heavy atom. The molecule has 2 heterocycles. The average molecular weight is 417 g/mol. The van der Waals surface area contributed by atoms with Crippen LogP contribution in [0.1, 0.15) is 24.0 Å². The summed E-state index contributed by atoms with van der Waals surface area (Å²) in [6, 6.07) is 5.23. The molecule has 3 rings (SSSR count). The lowest BCUT2D eigenvalue weighted by Gasteiger charge is -2.33. The zero-order chi connectivity index (χ0) is 18.9. The van der Waals surface area contributed by atoms with E-state index in [1.54, 1.807) is 38.5 Å². The summed E-state index contributed by atoms with van der Waals surface area (Å²) in [6.07, 6.45) is 3.91. The second-order valence-corrected chi connectivity index (χ2v) is 9.31. The summed E-state index contributed by atoms with van der Waals surface area (Å²) in [5, 5.41) is 15.6. The Morgan fingerprint density at radius 2 is 1.89 bits per heavy atom. The third-order valence-corrected chi connectivity index (χ3v) is 6.60. The van der Waals surface area contributed by atoms with Crippen LogP contribution in [-0.2, 0) is 22.2 Å². The van der Waals surface area contributed by atoms with E-state index in [0.29, 0.717) is 37.1 Å². The van der Waals surface area contributed by atoms with Crippen molar-refractivity contribution in [2.75, 3.05) is 33.7 Å². The second kappa shape index (κ2) is 8.24. The summed E-state index contributed by atoms with van der Waals surface area (Å²) in [4.78, 5) is 11.1. The molecule has 1 aliphatic rings. The minimum absolute atomic E-state index is 0. The van der Waals surface area contributed by atoms with Crippen LogP contribution in [-0.4, -0.2) is 55.8 Å². The molecule has 1 aliphatic heterocycles. The van der Waals surface area contributed by atoms with Gasteiger partial charge in [-0.05, 0) is 36.1 Å². The molecule has 1 fully saturated rings. The van der Waals surface area contributed by atoms with Gasteiger partial charge in [0.1, 0.15) is 0 Å². The maximum absolute atomic E-state index is 12.6. The number of halogens is 1. The van der Waals surface area contributed by atoms with Gasteiger partial charge >= 0.3 is 0 Å². The van der Waals surface area contributed by atoms with E-state index in [0.717, 1.165) is 23.8 Å². The highest BCUT2D eigenvalue weighted by molar-refractivity contribution is 7.88. The molecule has 0 unspecified atom stereocenters. The van der Waals surface area contributed by atoms with Crippen molar-refractivity contribution in [3.8, 4) is 0 Å². The standard InChI is InChI=1S/C17H24N4O4S.ClH/c1-21(2,23)10-7-15-12-20(18-22)17-6-5-14(11-16(15)17)13-26(24,25)19-8-3-4-9-19;/h5-6,11-12H,3-4,7-10,13H2,1-2H3;1H. The number of aromatic nitrogens is 1. The molecule has 0 spiro atoms. The van der Waals surface area contributed by atoms with Gasteiger partial charge in [-0.1, -0.05) is 6.07 Å². The molecule has 1 aromatic carbocycles. The van der Waals surface area contributed by atoms with E-state index >= 15 is 0 Å². The molecule has 0 N–H and O–H groups in total. The van der Waals surface area contributed by atoms with Gasteiger partial charge in [-0.15, -0.1) is 17.3 Å². The lowest BCUT2D eigenvalue weighted by molar-refractivity contribution is -0.839. The van der Waals surface area contributed by atoms with E-state index in [1.807, 2.05) is 0 Å². The van der Waals surface area contributed by atoms with Crippen LogP contribution in [0.15, 0.2) is 29.7 Å². The van der Waals surface area contributed by atoms with Gasteiger partial charge in [0.25, 0.3) is 0 Å². The number of benzene rings is 1. The zero-order valence-electron chi connectivity index (χ0n) is 15.5. The number of fused-ring (bicyclic) bond motifs is 1. The predicted molar refractivity (Wildman–Crippen MR) is 108 cm³/mol. The van der Waals surface area contributed by atoms with E-state index in [9.17, 15) is 18.5 Å². The monoisotopic (exact) mass is 416 g/mol. The quantitative estimate of drug-likeness (QED) is 0.394. The molecule has 0 atom stereocenters. The fraction of sp³-hybridized carbons (Fsp3) is 0.529. The average Bonchev–Trinajstić information content (AvgIpc) is 3.20. The second-order valence-electron chi connectivity index (χ2n) is 7.34. The van der Waals surface area contributed by atoms with Gasteiger partial charge in [0.2, 0.25) is 10.0 Å². The summed E-state index contributed by atoms with van der Waals surface area (Å²) >= 11 is 0. The number of likely N-dealkylation sites (N-methyl/N-ethyl adjacent to an activating group) is 1. The molecule has 0 saturated carbocycles. The summed E-state index contributed by atoms with van der Waals surface area (Å²) in [7, 11) is -0.219. The van der Waals surface area contributed by atoms with E-state index in [4.69, 9.17) is 0 Å². The first-order valence-electron chi connectivity index (χ1n) is 8.68. The molecule has 0 aliphatic carbocycles. The van der Waals surface area contributed by atoms with Gasteiger partial charge < -0.3 is 9.85 Å². The molecule has 1 saturated heterocycles. The van der Waals surface area contributed by atoms with Crippen LogP contribution in [0.5, 0.6) is 0 Å². The van der Waals surface area contributed by atoms with Crippen molar-refractivity contribution < 1.29 is 13.1 Å². The molecule has 27 heavy (non-hydrogen) atoms. The summed E-state index contributed by atoms with van der Waals surface area (Å²) in [5.74, 6) is -0.0643. The maximum Gasteiger partial charge on any atom is 0.218 e. The molecule has 150 valence electrons. The molecule has 8 nitrogen and oxygen atoms in total. The van der Waals surface area contributed by atoms with Gasteiger partial charge in [-0.25, -0.2) is 17.4 Å². The first-order valence-corrected chi connectivity index (χ1v) is 10.3. The topological polar surface area (TPSA) is 94.8 Å². The van der Waals surface area contributed by atoms with Gasteiger partial charge in [-0.2, -0.15) is 0 Å². The van der Waals surface area contributed by atoms with E-state index in [-0.39, 0.29) is 18.2 Å². The smallest absolute Gasteiger partial charge is 0.218 e. The fourth-order valence-electron chi connectivity index (χ4n) is 3.34. The number of nitroso groups, excluding NO2 is 1. The van der Waals surface area contributed by atoms with Crippen LogP contribution < -0.4 is 0 Å². The largest absolute Gasteiger partial charge is 0.633 e. The molecule has 0 amide bonds. The van der Waals surface area contributed by atoms with Gasteiger partial charge in [0.15, 0.2) is 0 Å². The van der Waals surface area contributed by atoms with Crippen molar-refractivity contribution in [1.82, 2.24) is 8.98 Å². The molecule has 1 aromatic heterocycles. The van der Waals surface area contributed by atoms with E-state index < -0.39 is 14.7 Å². The third-order valence-electron chi connectivity index (χ3n) is 4.75. The Labute approximate surface area is 165 Å². The fourth-order valence-corrected chi connectivity index (χ4v) is 4.94. The number of sulfonamides is 1. The first kappa shape index (κ1) is 21.8. The molecule has 10 heteroatoms. The van der Waals surface area contributed by atoms with Crippen LogP contribution >= 0.6 is 12.4 Å². The number of hydroxylamine groups is 3. The Hall–Kier alpha value is -1.52. The van der Waals surface area contributed by atoms with Crippen LogP contribution in [0, 0.1) is 10.1 Å². The highest BCUT2D eigenvalue weighted by Crippen LogP contribution is 2.26. The van der Waals surface area contributed by atoms with Crippen LogP contribution in [0.2, 0.25) is 0 Å². The van der Waals surface area contributed by atoms with E-state index in [2.05, 4.69) is 5.29 Å². The first-order chi connectivity index (χ1) is 12.2. The Balaban J connectivity index is 0.00000261. The summed E-state index contributed by atoms with van der Waals surface area (Å²) in [5.41, 5.74) is 2.11. The van der Waals surface area contributed by atoms with Gasteiger partial charge in [0.05, 0.1) is 37.2 Å². The summed E-state index contributed by atoms with van der Waals surface area (Å²) < 4.78 is 27.4. The molecule has 0 radical (unpaired) electrons. The number of rotatable bonds is 7. The predicted octanol–water partition coefficient (Wildman–Crippen LogP) is 2.63. The summed E-state index contributed by atoms with van der Waals surface area (Å²) in [6.45, 7) is 1.52. The maximum atomic E-state index is 12.6. The van der Waals surface area contributed by atoms with Crippen molar-refractivity contribution in [3.63, 3.8) is 0 Å². The van der Waals surface area contributed by atoms with Crippen LogP contribution in [0.4, 0.5) is 0 Å². The highest BCUT2D eigenvalue weighted by atomic mass is 35.5. The molecule has 2 aromatic rings. The van der Waals surface area contributed by atoms with Crippen LogP contribution in [0.3, 0.4) is 0 Å². The van der Waals surface area contributed by atoms with Crippen molar-refractivity contribution in [3.05, 3.63) is 45.6 Å². The Morgan fingerprint density at radius 3 is 2.48 bits per heavy atom.